The Hall–Kier alpha value is -1.88. The summed E-state index contributed by atoms with van der Waals surface area (Å²) in [4.78, 5) is 4.37. The quantitative estimate of drug-likeness (QED) is 0.916. The number of nitrogens with two attached hydrogens (primary N) is 1. The zero-order valence-electron chi connectivity index (χ0n) is 11.0. The van der Waals surface area contributed by atoms with Crippen LogP contribution in [0.25, 0.3) is 0 Å². The normalized spacial score (nSPS) is 19.3. The highest BCUT2D eigenvalue weighted by molar-refractivity contribution is 5.37. The lowest BCUT2D eigenvalue weighted by Gasteiger charge is -2.09. The van der Waals surface area contributed by atoms with Gasteiger partial charge in [-0.15, -0.1) is 0 Å². The van der Waals surface area contributed by atoms with Crippen molar-refractivity contribution in [1.82, 2.24) is 10.1 Å². The molecule has 1 aliphatic heterocycles. The van der Waals surface area contributed by atoms with E-state index in [0.717, 1.165) is 12.2 Å². The van der Waals surface area contributed by atoms with Crippen LogP contribution in [0.2, 0.25) is 0 Å². The van der Waals surface area contributed by atoms with Gasteiger partial charge in [-0.05, 0) is 17.5 Å². The molecule has 2 aromatic rings. The number of hydrogen-bond acceptors (Lipinski definition) is 5. The molecule has 0 fully saturated rings. The molecule has 0 bridgehead atoms. The summed E-state index contributed by atoms with van der Waals surface area (Å²) in [5.74, 6) is 2.20. The highest BCUT2D eigenvalue weighted by Crippen LogP contribution is 2.35. The van der Waals surface area contributed by atoms with Crippen LogP contribution in [0.4, 0.5) is 0 Å². The van der Waals surface area contributed by atoms with E-state index in [9.17, 15) is 0 Å². The largest absolute Gasteiger partial charge is 0.482 e. The summed E-state index contributed by atoms with van der Waals surface area (Å²) in [6.45, 7) is 4.05. The van der Waals surface area contributed by atoms with Crippen molar-refractivity contribution in [3.05, 3.63) is 41.5 Å². The molecule has 5 heteroatoms. The van der Waals surface area contributed by atoms with Crippen molar-refractivity contribution < 1.29 is 9.26 Å². The number of benzene rings is 1. The lowest BCUT2D eigenvalue weighted by Crippen LogP contribution is -2.17. The van der Waals surface area contributed by atoms with Crippen LogP contribution < -0.4 is 10.5 Å². The summed E-state index contributed by atoms with van der Waals surface area (Å²) in [6.07, 6.45) is 0.598. The van der Waals surface area contributed by atoms with Crippen LogP contribution in [0, 0.1) is 5.92 Å². The molecule has 2 atom stereocenters. The smallest absolute Gasteiger partial charge is 0.243 e. The molecule has 2 heterocycles. The van der Waals surface area contributed by atoms with E-state index in [2.05, 4.69) is 16.2 Å². The number of aromatic nitrogens is 2. The van der Waals surface area contributed by atoms with Gasteiger partial charge in [-0.25, -0.2) is 0 Å². The topological polar surface area (TPSA) is 74.2 Å². The molecule has 2 N–H and O–H groups in total. The van der Waals surface area contributed by atoms with Crippen LogP contribution in [0.5, 0.6) is 5.75 Å². The van der Waals surface area contributed by atoms with Crippen molar-refractivity contribution in [2.45, 2.75) is 32.4 Å². The first-order valence-corrected chi connectivity index (χ1v) is 6.49. The van der Waals surface area contributed by atoms with Gasteiger partial charge in [0.2, 0.25) is 11.7 Å². The van der Waals surface area contributed by atoms with Gasteiger partial charge in [0.15, 0.2) is 6.10 Å². The van der Waals surface area contributed by atoms with Crippen LogP contribution in [-0.4, -0.2) is 10.1 Å². The molecule has 1 aromatic heterocycles. The Balaban J connectivity index is 1.79. The van der Waals surface area contributed by atoms with E-state index in [0.29, 0.717) is 11.7 Å². The van der Waals surface area contributed by atoms with Crippen molar-refractivity contribution in [3.8, 4) is 5.75 Å². The van der Waals surface area contributed by atoms with Crippen molar-refractivity contribution in [3.63, 3.8) is 0 Å². The third kappa shape index (κ3) is 2.21. The molecule has 0 amide bonds. The van der Waals surface area contributed by atoms with E-state index in [-0.39, 0.29) is 18.1 Å². The molecule has 1 aliphatic rings. The summed E-state index contributed by atoms with van der Waals surface area (Å²) in [5, 5.41) is 3.99. The van der Waals surface area contributed by atoms with Gasteiger partial charge in [0.25, 0.3) is 0 Å². The summed E-state index contributed by atoms with van der Waals surface area (Å²) < 4.78 is 11.1. The molecule has 0 saturated carbocycles. The van der Waals surface area contributed by atoms with E-state index in [1.807, 2.05) is 32.0 Å². The first-order chi connectivity index (χ1) is 9.15. The molecule has 3 rings (SSSR count). The first-order valence-electron chi connectivity index (χ1n) is 6.49. The maximum Gasteiger partial charge on any atom is 0.243 e. The minimum atomic E-state index is -0.231. The summed E-state index contributed by atoms with van der Waals surface area (Å²) >= 11 is 0. The molecule has 1 unspecified atom stereocenters. The van der Waals surface area contributed by atoms with Gasteiger partial charge in [-0.2, -0.15) is 4.98 Å². The molecule has 5 nitrogen and oxygen atoms in total. The summed E-state index contributed by atoms with van der Waals surface area (Å²) in [7, 11) is 0. The van der Waals surface area contributed by atoms with Crippen molar-refractivity contribution in [2.24, 2.45) is 11.7 Å². The number of nitrogens with zero attached hydrogens (tertiary/aromatic N) is 2. The molecular weight excluding hydrogens is 242 g/mol. The molecule has 19 heavy (non-hydrogen) atoms. The number of fused-ring (bicyclic) bond motifs is 1. The fraction of sp³-hybridized carbons (Fsp3) is 0.429. The Morgan fingerprint density at radius 2 is 2.11 bits per heavy atom. The highest BCUT2D eigenvalue weighted by Gasteiger charge is 2.29. The molecule has 0 aliphatic carbocycles. The van der Waals surface area contributed by atoms with Crippen molar-refractivity contribution in [2.75, 3.05) is 0 Å². The highest BCUT2D eigenvalue weighted by atomic mass is 16.5. The zero-order valence-corrected chi connectivity index (χ0v) is 11.0. The number of para-hydroxylation sites is 1. The Morgan fingerprint density at radius 1 is 1.32 bits per heavy atom. The molecule has 100 valence electrons. The van der Waals surface area contributed by atoms with Gasteiger partial charge >= 0.3 is 0 Å². The van der Waals surface area contributed by atoms with E-state index < -0.39 is 0 Å². The number of hydrogen-bond donors (Lipinski definition) is 1. The third-order valence-electron chi connectivity index (χ3n) is 3.40. The van der Waals surface area contributed by atoms with Gasteiger partial charge in [0.05, 0.1) is 6.04 Å². The number of ether oxygens (including phenoxy) is 1. The third-order valence-corrected chi connectivity index (χ3v) is 3.40. The molecule has 0 saturated heterocycles. The first kappa shape index (κ1) is 12.2. The average molecular weight is 259 g/mol. The minimum Gasteiger partial charge on any atom is -0.482 e. The SMILES string of the molecule is CC(C)[C@@H](N)c1nc(C2Cc3ccccc3O2)no1. The van der Waals surface area contributed by atoms with Gasteiger partial charge in [0, 0.05) is 6.42 Å². The molecule has 1 aromatic carbocycles. The maximum absolute atomic E-state index is 6.00. The average Bonchev–Trinajstić information content (AvgIpc) is 3.03. The van der Waals surface area contributed by atoms with Crippen LogP contribution >= 0.6 is 0 Å². The van der Waals surface area contributed by atoms with Crippen molar-refractivity contribution >= 4 is 0 Å². The standard InChI is InChI=1S/C14H17N3O2/c1-8(2)12(15)14-16-13(17-19-14)11-7-9-5-3-4-6-10(9)18-11/h3-6,8,11-12H,7,15H2,1-2H3/t11?,12-/m1/s1. The predicted octanol–water partition coefficient (Wildman–Crippen LogP) is 2.40. The van der Waals surface area contributed by atoms with Crippen LogP contribution in [-0.2, 0) is 6.42 Å². The van der Waals surface area contributed by atoms with E-state index in [1.165, 1.54) is 5.56 Å². The fourth-order valence-electron chi connectivity index (χ4n) is 2.12. The summed E-state index contributed by atoms with van der Waals surface area (Å²) in [6, 6.07) is 7.73. The van der Waals surface area contributed by atoms with E-state index in [4.69, 9.17) is 15.0 Å². The van der Waals surface area contributed by atoms with Gasteiger partial charge in [-0.3, -0.25) is 0 Å². The monoisotopic (exact) mass is 259 g/mol. The Morgan fingerprint density at radius 3 is 2.84 bits per heavy atom. The lowest BCUT2D eigenvalue weighted by molar-refractivity contribution is 0.220. The summed E-state index contributed by atoms with van der Waals surface area (Å²) in [5.41, 5.74) is 7.17. The number of rotatable bonds is 3. The second-order valence-corrected chi connectivity index (χ2v) is 5.18. The Labute approximate surface area is 111 Å². The molecule has 0 radical (unpaired) electrons. The second-order valence-electron chi connectivity index (χ2n) is 5.18. The van der Waals surface area contributed by atoms with Crippen molar-refractivity contribution in [1.29, 1.82) is 0 Å². The lowest BCUT2D eigenvalue weighted by atomic mass is 10.1. The van der Waals surface area contributed by atoms with Gasteiger partial charge < -0.3 is 15.0 Å². The van der Waals surface area contributed by atoms with Gasteiger partial charge in [0.1, 0.15) is 5.75 Å². The van der Waals surface area contributed by atoms with Crippen LogP contribution in [0.1, 0.15) is 43.3 Å². The van der Waals surface area contributed by atoms with Crippen LogP contribution in [0.15, 0.2) is 28.8 Å². The van der Waals surface area contributed by atoms with E-state index in [1.54, 1.807) is 0 Å². The Bertz CT molecular complexity index is 555. The predicted molar refractivity (Wildman–Crippen MR) is 69.6 cm³/mol. The zero-order chi connectivity index (χ0) is 13.4. The molecule has 0 spiro atoms. The minimum absolute atomic E-state index is 0.172. The molecular formula is C14H17N3O2. The van der Waals surface area contributed by atoms with Gasteiger partial charge in [-0.1, -0.05) is 37.2 Å². The fourth-order valence-corrected chi connectivity index (χ4v) is 2.12. The maximum atomic E-state index is 6.00. The second kappa shape index (κ2) is 4.66. The van der Waals surface area contributed by atoms with E-state index >= 15 is 0 Å². The van der Waals surface area contributed by atoms with Crippen LogP contribution in [0.3, 0.4) is 0 Å². The Kier molecular flexibility index (Phi) is 2.98.